The van der Waals surface area contributed by atoms with E-state index in [0.29, 0.717) is 5.69 Å². The molecule has 3 N–H and O–H groups in total. The first-order valence-electron chi connectivity index (χ1n) is 5.33. The number of allylic oxidation sites excluding steroid dienone is 1. The van der Waals surface area contributed by atoms with E-state index in [4.69, 9.17) is 10.8 Å². The molecule has 88 valence electrons. The number of carbonyl (C=O) groups is 1. The monoisotopic (exact) mass is 221 g/mol. The number of hydrogen-bond acceptors (Lipinski definition) is 2. The third kappa shape index (κ3) is 3.12. The number of aryl methyl sites for hydroxylation is 1. The van der Waals surface area contributed by atoms with Gasteiger partial charge in [-0.05, 0) is 25.5 Å². The van der Waals surface area contributed by atoms with Crippen LogP contribution in [0, 0.1) is 6.92 Å². The van der Waals surface area contributed by atoms with Crippen LogP contribution in [-0.4, -0.2) is 11.1 Å². The van der Waals surface area contributed by atoms with Gasteiger partial charge in [-0.25, -0.2) is 4.79 Å². The van der Waals surface area contributed by atoms with Crippen molar-refractivity contribution >= 4 is 17.7 Å². The summed E-state index contributed by atoms with van der Waals surface area (Å²) >= 11 is 0. The summed E-state index contributed by atoms with van der Waals surface area (Å²) in [5.41, 5.74) is 7.99. The van der Waals surface area contributed by atoms with Crippen LogP contribution in [0.1, 0.15) is 42.3 Å². The van der Waals surface area contributed by atoms with Gasteiger partial charge in [-0.15, -0.1) is 0 Å². The predicted octanol–water partition coefficient (Wildman–Crippen LogP) is 3.33. The van der Waals surface area contributed by atoms with Crippen LogP contribution in [0.25, 0.3) is 6.08 Å². The van der Waals surface area contributed by atoms with Gasteiger partial charge in [-0.3, -0.25) is 0 Å². The first kappa shape index (κ1) is 14.2. The minimum atomic E-state index is -0.992. The quantitative estimate of drug-likeness (QED) is 0.753. The predicted molar refractivity (Wildman–Crippen MR) is 68.6 cm³/mol. The second kappa shape index (κ2) is 6.67. The third-order valence-electron chi connectivity index (χ3n) is 2.07. The van der Waals surface area contributed by atoms with Gasteiger partial charge in [0.25, 0.3) is 0 Å². The van der Waals surface area contributed by atoms with Crippen LogP contribution in [0.15, 0.2) is 18.2 Å². The zero-order valence-corrected chi connectivity index (χ0v) is 10.2. The highest BCUT2D eigenvalue weighted by Gasteiger charge is 2.11. The zero-order chi connectivity index (χ0) is 12.7. The number of aromatic carboxylic acids is 1. The highest BCUT2D eigenvalue weighted by atomic mass is 16.4. The molecular formula is C13H19NO2. The summed E-state index contributed by atoms with van der Waals surface area (Å²) in [5.74, 6) is -0.992. The fourth-order valence-electron chi connectivity index (χ4n) is 1.32. The zero-order valence-electron chi connectivity index (χ0n) is 10.2. The fourth-order valence-corrected chi connectivity index (χ4v) is 1.32. The van der Waals surface area contributed by atoms with Gasteiger partial charge in [0.15, 0.2) is 0 Å². The second-order valence-electron chi connectivity index (χ2n) is 3.06. The van der Waals surface area contributed by atoms with E-state index in [1.165, 1.54) is 6.07 Å². The van der Waals surface area contributed by atoms with E-state index in [1.54, 1.807) is 6.07 Å². The molecule has 0 fully saturated rings. The summed E-state index contributed by atoms with van der Waals surface area (Å²) in [6.07, 6.45) is 3.65. The maximum absolute atomic E-state index is 10.8. The largest absolute Gasteiger partial charge is 0.478 e. The molecule has 0 atom stereocenters. The Morgan fingerprint density at radius 2 is 1.94 bits per heavy atom. The Hall–Kier alpha value is -1.77. The van der Waals surface area contributed by atoms with E-state index in [9.17, 15) is 4.79 Å². The molecule has 0 saturated carbocycles. The van der Waals surface area contributed by atoms with Gasteiger partial charge >= 0.3 is 5.97 Å². The topological polar surface area (TPSA) is 63.3 Å². The fraction of sp³-hybridized carbons (Fsp3) is 0.308. The molecule has 3 heteroatoms. The Bertz CT molecular complexity index is 395. The average molecular weight is 221 g/mol. The van der Waals surface area contributed by atoms with E-state index in [1.807, 2.05) is 39.8 Å². The minimum absolute atomic E-state index is 0.156. The maximum atomic E-state index is 10.8. The molecule has 3 nitrogen and oxygen atoms in total. The van der Waals surface area contributed by atoms with Gasteiger partial charge in [0.05, 0.1) is 11.3 Å². The van der Waals surface area contributed by atoms with Crippen molar-refractivity contribution in [2.45, 2.75) is 27.7 Å². The lowest BCUT2D eigenvalue weighted by Crippen LogP contribution is -2.04. The van der Waals surface area contributed by atoms with E-state index >= 15 is 0 Å². The number of carboxylic acid groups (broad SMARTS) is 1. The Morgan fingerprint density at radius 3 is 2.38 bits per heavy atom. The Labute approximate surface area is 96.6 Å². The molecule has 0 aliphatic heterocycles. The van der Waals surface area contributed by atoms with Crippen molar-refractivity contribution in [3.05, 3.63) is 34.9 Å². The molecule has 0 heterocycles. The first-order chi connectivity index (χ1) is 7.57. The van der Waals surface area contributed by atoms with Gasteiger partial charge in [0.2, 0.25) is 0 Å². The normalized spacial score (nSPS) is 9.75. The molecule has 0 aliphatic rings. The SMILES string of the molecule is C/C=C\c1c(C)ccc(C(=O)O)c1N.CC. The minimum Gasteiger partial charge on any atom is -0.478 e. The van der Waals surface area contributed by atoms with Crippen LogP contribution in [0.3, 0.4) is 0 Å². The summed E-state index contributed by atoms with van der Waals surface area (Å²) in [4.78, 5) is 10.8. The second-order valence-corrected chi connectivity index (χ2v) is 3.06. The van der Waals surface area contributed by atoms with Crippen molar-refractivity contribution in [1.82, 2.24) is 0 Å². The average Bonchev–Trinajstić information content (AvgIpc) is 2.26. The van der Waals surface area contributed by atoms with Crippen LogP contribution < -0.4 is 5.73 Å². The van der Waals surface area contributed by atoms with Crippen molar-refractivity contribution < 1.29 is 9.90 Å². The third-order valence-corrected chi connectivity index (χ3v) is 2.07. The van der Waals surface area contributed by atoms with Crippen molar-refractivity contribution in [2.24, 2.45) is 0 Å². The molecule has 0 saturated heterocycles. The Morgan fingerprint density at radius 1 is 1.38 bits per heavy atom. The molecule has 1 aromatic carbocycles. The number of anilines is 1. The molecule has 0 amide bonds. The summed E-state index contributed by atoms with van der Waals surface area (Å²) in [5, 5.41) is 8.85. The van der Waals surface area contributed by atoms with E-state index < -0.39 is 5.97 Å². The number of hydrogen-bond donors (Lipinski definition) is 2. The Balaban J connectivity index is 0.00000106. The molecule has 0 unspecified atom stereocenters. The van der Waals surface area contributed by atoms with E-state index in [-0.39, 0.29) is 5.56 Å². The maximum Gasteiger partial charge on any atom is 0.337 e. The lowest BCUT2D eigenvalue weighted by molar-refractivity contribution is 0.0698. The van der Waals surface area contributed by atoms with Crippen LogP contribution in [0.2, 0.25) is 0 Å². The highest BCUT2D eigenvalue weighted by Crippen LogP contribution is 2.22. The number of carboxylic acids is 1. The van der Waals surface area contributed by atoms with Gasteiger partial charge in [0.1, 0.15) is 0 Å². The molecule has 0 radical (unpaired) electrons. The lowest BCUT2D eigenvalue weighted by Gasteiger charge is -2.07. The molecule has 0 bridgehead atoms. The number of rotatable bonds is 2. The summed E-state index contributed by atoms with van der Waals surface area (Å²) in [7, 11) is 0. The highest BCUT2D eigenvalue weighted by molar-refractivity contribution is 5.96. The van der Waals surface area contributed by atoms with Crippen LogP contribution in [0.5, 0.6) is 0 Å². The van der Waals surface area contributed by atoms with Gasteiger partial charge in [-0.1, -0.05) is 32.1 Å². The van der Waals surface area contributed by atoms with Crippen LogP contribution in [-0.2, 0) is 0 Å². The van der Waals surface area contributed by atoms with Gasteiger partial charge in [0, 0.05) is 5.56 Å². The summed E-state index contributed by atoms with van der Waals surface area (Å²) in [6.45, 7) is 7.77. The number of nitrogen functional groups attached to an aromatic ring is 1. The summed E-state index contributed by atoms with van der Waals surface area (Å²) < 4.78 is 0. The first-order valence-corrected chi connectivity index (χ1v) is 5.33. The molecular weight excluding hydrogens is 202 g/mol. The molecule has 0 aromatic heterocycles. The van der Waals surface area contributed by atoms with Crippen LogP contribution >= 0.6 is 0 Å². The van der Waals surface area contributed by atoms with E-state index in [2.05, 4.69) is 0 Å². The smallest absolute Gasteiger partial charge is 0.337 e. The van der Waals surface area contributed by atoms with Crippen LogP contribution in [0.4, 0.5) is 5.69 Å². The lowest BCUT2D eigenvalue weighted by atomic mass is 10.0. The number of nitrogens with two attached hydrogens (primary N) is 1. The molecule has 16 heavy (non-hydrogen) atoms. The van der Waals surface area contributed by atoms with Crippen molar-refractivity contribution in [1.29, 1.82) is 0 Å². The standard InChI is InChI=1S/C11H13NO2.C2H6/c1-3-4-8-7(2)5-6-9(10(8)12)11(13)14;1-2/h3-6H,12H2,1-2H3,(H,13,14);1-2H3/b4-3-;. The van der Waals surface area contributed by atoms with Crippen molar-refractivity contribution in [2.75, 3.05) is 5.73 Å². The van der Waals surface area contributed by atoms with Gasteiger partial charge in [-0.2, -0.15) is 0 Å². The molecule has 0 spiro atoms. The van der Waals surface area contributed by atoms with E-state index in [0.717, 1.165) is 11.1 Å². The molecule has 0 aliphatic carbocycles. The Kier molecular flexibility index (Phi) is 5.93. The van der Waals surface area contributed by atoms with Gasteiger partial charge < -0.3 is 10.8 Å². The molecule has 1 rings (SSSR count). The molecule has 1 aromatic rings. The van der Waals surface area contributed by atoms with Crippen molar-refractivity contribution in [3.8, 4) is 0 Å². The van der Waals surface area contributed by atoms with Crippen molar-refractivity contribution in [3.63, 3.8) is 0 Å². The number of benzene rings is 1. The summed E-state index contributed by atoms with van der Waals surface area (Å²) in [6, 6.07) is 3.29.